The molecule has 1 atom stereocenters. The number of anilines is 1. The minimum absolute atomic E-state index is 0.121. The van der Waals surface area contributed by atoms with Gasteiger partial charge < -0.3 is 15.3 Å². The number of aliphatic hydroxyl groups is 1. The summed E-state index contributed by atoms with van der Waals surface area (Å²) in [5.41, 5.74) is 3.68. The summed E-state index contributed by atoms with van der Waals surface area (Å²) in [6, 6.07) is 15.2. The van der Waals surface area contributed by atoms with Crippen molar-refractivity contribution in [3.8, 4) is 0 Å². The molecule has 0 aliphatic carbocycles. The molecule has 4 nitrogen and oxygen atoms in total. The number of nitrogens with one attached hydrogen (secondary N) is 1. The molecular formula is C20H27N3O. The van der Waals surface area contributed by atoms with Gasteiger partial charge in [0.25, 0.3) is 0 Å². The number of hydrogen-bond acceptors (Lipinski definition) is 4. The molecule has 3 rings (SSSR count). The lowest BCUT2D eigenvalue weighted by molar-refractivity contribution is 0.145. The molecule has 1 aromatic heterocycles. The van der Waals surface area contributed by atoms with Crippen LogP contribution in [-0.2, 0) is 6.42 Å². The van der Waals surface area contributed by atoms with E-state index in [-0.39, 0.29) is 6.10 Å². The van der Waals surface area contributed by atoms with E-state index in [0.717, 1.165) is 44.6 Å². The molecule has 4 heteroatoms. The SMILES string of the molecule is CC(NCCc1ccccn1)c1ccc(N2CCC(O)CC2)cc1. The molecule has 1 saturated heterocycles. The monoisotopic (exact) mass is 325 g/mol. The van der Waals surface area contributed by atoms with Crippen LogP contribution in [0.1, 0.15) is 37.1 Å². The first-order chi connectivity index (χ1) is 11.7. The van der Waals surface area contributed by atoms with E-state index in [1.54, 1.807) is 0 Å². The van der Waals surface area contributed by atoms with Gasteiger partial charge in [0, 0.05) is 49.7 Å². The molecule has 0 radical (unpaired) electrons. The van der Waals surface area contributed by atoms with Gasteiger partial charge in [0.1, 0.15) is 0 Å². The second kappa shape index (κ2) is 8.27. The number of aliphatic hydroxyl groups excluding tert-OH is 1. The van der Waals surface area contributed by atoms with Crippen molar-refractivity contribution in [2.45, 2.75) is 38.3 Å². The summed E-state index contributed by atoms with van der Waals surface area (Å²) in [5.74, 6) is 0. The van der Waals surface area contributed by atoms with Crippen LogP contribution >= 0.6 is 0 Å². The fourth-order valence-corrected chi connectivity index (χ4v) is 3.18. The highest BCUT2D eigenvalue weighted by molar-refractivity contribution is 5.48. The summed E-state index contributed by atoms with van der Waals surface area (Å²) in [4.78, 5) is 6.71. The third-order valence-electron chi connectivity index (χ3n) is 4.78. The van der Waals surface area contributed by atoms with Crippen LogP contribution in [0, 0.1) is 0 Å². The Morgan fingerprint density at radius 2 is 1.92 bits per heavy atom. The summed E-state index contributed by atoms with van der Waals surface area (Å²) in [6.45, 7) is 5.01. The fourth-order valence-electron chi connectivity index (χ4n) is 3.18. The Hall–Kier alpha value is -1.91. The second-order valence-electron chi connectivity index (χ2n) is 6.56. The van der Waals surface area contributed by atoms with Crippen LogP contribution in [0.5, 0.6) is 0 Å². The quantitative estimate of drug-likeness (QED) is 0.857. The van der Waals surface area contributed by atoms with Gasteiger partial charge in [-0.3, -0.25) is 4.98 Å². The van der Waals surface area contributed by atoms with Crippen molar-refractivity contribution >= 4 is 5.69 Å². The average molecular weight is 325 g/mol. The van der Waals surface area contributed by atoms with E-state index in [1.165, 1.54) is 11.3 Å². The van der Waals surface area contributed by atoms with Gasteiger partial charge in [-0.25, -0.2) is 0 Å². The molecule has 2 N–H and O–H groups in total. The minimum atomic E-state index is -0.121. The molecule has 0 bridgehead atoms. The van der Waals surface area contributed by atoms with Gasteiger partial charge in [-0.05, 0) is 49.6 Å². The van der Waals surface area contributed by atoms with Crippen molar-refractivity contribution in [2.75, 3.05) is 24.5 Å². The zero-order valence-corrected chi connectivity index (χ0v) is 14.4. The van der Waals surface area contributed by atoms with E-state index >= 15 is 0 Å². The topological polar surface area (TPSA) is 48.4 Å². The lowest BCUT2D eigenvalue weighted by atomic mass is 10.0. The maximum atomic E-state index is 9.62. The molecule has 1 unspecified atom stereocenters. The van der Waals surface area contributed by atoms with Crippen molar-refractivity contribution in [1.82, 2.24) is 10.3 Å². The maximum Gasteiger partial charge on any atom is 0.0574 e. The fraction of sp³-hybridized carbons (Fsp3) is 0.450. The van der Waals surface area contributed by atoms with Crippen LogP contribution in [0.4, 0.5) is 5.69 Å². The van der Waals surface area contributed by atoms with Gasteiger partial charge in [0.15, 0.2) is 0 Å². The first-order valence-electron chi connectivity index (χ1n) is 8.88. The summed E-state index contributed by atoms with van der Waals surface area (Å²) in [7, 11) is 0. The molecule has 1 aliphatic heterocycles. The smallest absolute Gasteiger partial charge is 0.0574 e. The highest BCUT2D eigenvalue weighted by Gasteiger charge is 2.17. The number of nitrogens with zero attached hydrogens (tertiary/aromatic N) is 2. The van der Waals surface area contributed by atoms with Gasteiger partial charge >= 0.3 is 0 Å². The molecule has 0 spiro atoms. The van der Waals surface area contributed by atoms with E-state index < -0.39 is 0 Å². The van der Waals surface area contributed by atoms with Crippen molar-refractivity contribution in [2.24, 2.45) is 0 Å². The lowest BCUT2D eigenvalue weighted by Crippen LogP contribution is -2.35. The predicted molar refractivity (Wildman–Crippen MR) is 98.3 cm³/mol. The van der Waals surface area contributed by atoms with Crippen LogP contribution in [0.2, 0.25) is 0 Å². The predicted octanol–water partition coefficient (Wildman–Crippen LogP) is 2.94. The minimum Gasteiger partial charge on any atom is -0.393 e. The zero-order chi connectivity index (χ0) is 16.8. The zero-order valence-electron chi connectivity index (χ0n) is 14.4. The third kappa shape index (κ3) is 4.56. The molecule has 2 heterocycles. The van der Waals surface area contributed by atoms with E-state index in [0.29, 0.717) is 6.04 Å². The average Bonchev–Trinajstić information content (AvgIpc) is 2.63. The first kappa shape index (κ1) is 16.9. The third-order valence-corrected chi connectivity index (χ3v) is 4.78. The van der Waals surface area contributed by atoms with Crippen molar-refractivity contribution in [3.63, 3.8) is 0 Å². The number of pyridine rings is 1. The Labute approximate surface area is 144 Å². The van der Waals surface area contributed by atoms with E-state index in [9.17, 15) is 5.11 Å². The van der Waals surface area contributed by atoms with E-state index in [1.807, 2.05) is 18.3 Å². The highest BCUT2D eigenvalue weighted by atomic mass is 16.3. The summed E-state index contributed by atoms with van der Waals surface area (Å²) < 4.78 is 0. The number of aromatic nitrogens is 1. The number of benzene rings is 1. The van der Waals surface area contributed by atoms with Crippen LogP contribution in [0.3, 0.4) is 0 Å². The Bertz CT molecular complexity index is 607. The molecule has 1 fully saturated rings. The lowest BCUT2D eigenvalue weighted by Gasteiger charge is -2.31. The maximum absolute atomic E-state index is 9.62. The Kier molecular flexibility index (Phi) is 5.83. The highest BCUT2D eigenvalue weighted by Crippen LogP contribution is 2.22. The van der Waals surface area contributed by atoms with Crippen LogP contribution in [0.15, 0.2) is 48.7 Å². The molecule has 1 aromatic carbocycles. The van der Waals surface area contributed by atoms with Crippen molar-refractivity contribution in [1.29, 1.82) is 0 Å². The largest absolute Gasteiger partial charge is 0.393 e. The van der Waals surface area contributed by atoms with Crippen LogP contribution in [0.25, 0.3) is 0 Å². The van der Waals surface area contributed by atoms with E-state index in [2.05, 4.69) is 52.5 Å². The number of piperidine rings is 1. The molecule has 0 amide bonds. The second-order valence-corrected chi connectivity index (χ2v) is 6.56. The molecule has 0 saturated carbocycles. The van der Waals surface area contributed by atoms with E-state index in [4.69, 9.17) is 0 Å². The summed E-state index contributed by atoms with van der Waals surface area (Å²) in [5, 5.41) is 13.2. The summed E-state index contributed by atoms with van der Waals surface area (Å²) in [6.07, 6.45) is 4.40. The molecule has 24 heavy (non-hydrogen) atoms. The Morgan fingerprint density at radius 3 is 2.58 bits per heavy atom. The van der Waals surface area contributed by atoms with Gasteiger partial charge in [-0.1, -0.05) is 18.2 Å². The molecule has 2 aromatic rings. The standard InChI is InChI=1S/C20H27N3O/c1-16(21-13-9-18-4-2-3-12-22-18)17-5-7-19(8-6-17)23-14-10-20(24)11-15-23/h2-8,12,16,20-21,24H,9-11,13-15H2,1H3. The number of hydrogen-bond donors (Lipinski definition) is 2. The molecule has 128 valence electrons. The molecular weight excluding hydrogens is 298 g/mol. The van der Waals surface area contributed by atoms with Crippen LogP contribution in [-0.4, -0.2) is 35.8 Å². The Morgan fingerprint density at radius 1 is 1.17 bits per heavy atom. The van der Waals surface area contributed by atoms with Gasteiger partial charge in [0.2, 0.25) is 0 Å². The van der Waals surface area contributed by atoms with Gasteiger partial charge in [-0.2, -0.15) is 0 Å². The first-order valence-corrected chi connectivity index (χ1v) is 8.88. The Balaban J connectivity index is 1.49. The van der Waals surface area contributed by atoms with Gasteiger partial charge in [-0.15, -0.1) is 0 Å². The number of rotatable bonds is 6. The van der Waals surface area contributed by atoms with Gasteiger partial charge in [0.05, 0.1) is 6.10 Å². The van der Waals surface area contributed by atoms with Crippen molar-refractivity contribution < 1.29 is 5.11 Å². The van der Waals surface area contributed by atoms with Crippen LogP contribution < -0.4 is 10.2 Å². The normalized spacial score (nSPS) is 17.0. The molecule has 1 aliphatic rings. The van der Waals surface area contributed by atoms with Crippen molar-refractivity contribution in [3.05, 3.63) is 59.9 Å². The summed E-state index contributed by atoms with van der Waals surface area (Å²) >= 11 is 0.